The van der Waals surface area contributed by atoms with Crippen LogP contribution >= 0.6 is 23.5 Å². The number of anilines is 1. The third kappa shape index (κ3) is 7.35. The van der Waals surface area contributed by atoms with E-state index in [0.29, 0.717) is 17.0 Å². The minimum atomic E-state index is -0.969. The molecule has 0 saturated heterocycles. The lowest BCUT2D eigenvalue weighted by molar-refractivity contribution is 0.0696. The van der Waals surface area contributed by atoms with E-state index in [1.165, 1.54) is 11.9 Å². The maximum absolute atomic E-state index is 11.1. The van der Waals surface area contributed by atoms with Crippen molar-refractivity contribution in [1.82, 2.24) is 9.97 Å². The van der Waals surface area contributed by atoms with Gasteiger partial charge in [-0.05, 0) is 68.0 Å². The summed E-state index contributed by atoms with van der Waals surface area (Å²) in [7, 11) is 0. The van der Waals surface area contributed by atoms with Gasteiger partial charge in [-0.15, -0.1) is 0 Å². The van der Waals surface area contributed by atoms with E-state index in [0.717, 1.165) is 28.1 Å². The molecule has 1 aromatic heterocycles. The predicted octanol–water partition coefficient (Wildman–Crippen LogP) is 6.82. The topological polar surface area (TPSA) is 75.1 Å². The van der Waals surface area contributed by atoms with Crippen LogP contribution in [0.5, 0.6) is 0 Å². The number of carboxylic acids is 1. The van der Waals surface area contributed by atoms with Gasteiger partial charge in [0.05, 0.1) is 11.3 Å². The maximum Gasteiger partial charge on any atom is 0.335 e. The molecule has 0 spiro atoms. The number of benzene rings is 1. The molecule has 0 unspecified atom stereocenters. The zero-order valence-electron chi connectivity index (χ0n) is 17.5. The van der Waals surface area contributed by atoms with Gasteiger partial charge in [0.25, 0.3) is 0 Å². The highest BCUT2D eigenvalue weighted by atomic mass is 35.5. The number of carbonyl (C=O) groups is 1. The zero-order valence-corrected chi connectivity index (χ0v) is 19.1. The van der Waals surface area contributed by atoms with Gasteiger partial charge in [0, 0.05) is 10.5 Å². The Hall–Kier alpha value is -2.57. The number of aromatic nitrogens is 2. The van der Waals surface area contributed by atoms with Crippen LogP contribution in [0, 0.1) is 12.8 Å². The number of nitrogens with one attached hydrogen (secondary N) is 1. The first kappa shape index (κ1) is 23.7. The molecule has 0 bridgehead atoms. The molecule has 2 N–H and O–H groups in total. The van der Waals surface area contributed by atoms with E-state index in [-0.39, 0.29) is 5.56 Å². The third-order valence-electron chi connectivity index (χ3n) is 4.05. The van der Waals surface area contributed by atoms with Crippen molar-refractivity contribution in [3.05, 3.63) is 76.1 Å². The number of aromatic carboxylic acids is 1. The normalized spacial score (nSPS) is 12.3. The smallest absolute Gasteiger partial charge is 0.335 e. The SMILES string of the molecule is C/C=C/C=C\C(=C\c1nc(NSc2cccc(C(=O)O)c2)nc(Cl)c1C)CC(C)C. The molecule has 30 heavy (non-hydrogen) atoms. The Bertz CT molecular complexity index is 984. The summed E-state index contributed by atoms with van der Waals surface area (Å²) in [6, 6.07) is 6.64. The quantitative estimate of drug-likeness (QED) is 0.251. The average molecular weight is 444 g/mol. The van der Waals surface area contributed by atoms with E-state index in [9.17, 15) is 4.79 Å². The highest BCUT2D eigenvalue weighted by molar-refractivity contribution is 8.00. The number of hydrogen-bond acceptors (Lipinski definition) is 5. The minimum Gasteiger partial charge on any atom is -0.478 e. The van der Waals surface area contributed by atoms with Crippen LogP contribution in [0.15, 0.2) is 59.0 Å². The second-order valence-electron chi connectivity index (χ2n) is 7.09. The number of nitrogens with zero attached hydrogens (tertiary/aromatic N) is 2. The predicted molar refractivity (Wildman–Crippen MR) is 126 cm³/mol. The van der Waals surface area contributed by atoms with Crippen LogP contribution in [0.3, 0.4) is 0 Å². The molecule has 0 aliphatic rings. The van der Waals surface area contributed by atoms with Crippen molar-refractivity contribution in [1.29, 1.82) is 0 Å². The minimum absolute atomic E-state index is 0.222. The van der Waals surface area contributed by atoms with Crippen molar-refractivity contribution in [2.75, 3.05) is 4.72 Å². The van der Waals surface area contributed by atoms with Crippen molar-refractivity contribution >= 4 is 41.5 Å². The van der Waals surface area contributed by atoms with E-state index in [2.05, 4.69) is 34.6 Å². The summed E-state index contributed by atoms with van der Waals surface area (Å²) >= 11 is 7.58. The number of halogens is 1. The molecule has 1 heterocycles. The molecule has 2 rings (SSSR count). The summed E-state index contributed by atoms with van der Waals surface area (Å²) in [4.78, 5) is 20.8. The van der Waals surface area contributed by atoms with Crippen LogP contribution in [0.2, 0.25) is 5.15 Å². The standard InChI is InChI=1S/C23H26ClN3O2S/c1-5-6-7-9-17(12-15(2)3)13-20-16(4)21(24)26-23(25-20)27-30-19-11-8-10-18(14-19)22(28)29/h5-11,13-15H,12H2,1-4H3,(H,28,29)(H,25,26,27)/b6-5+,9-7-,17-13-. The van der Waals surface area contributed by atoms with E-state index < -0.39 is 5.97 Å². The van der Waals surface area contributed by atoms with Crippen LogP contribution in [0.1, 0.15) is 48.8 Å². The van der Waals surface area contributed by atoms with E-state index >= 15 is 0 Å². The highest BCUT2D eigenvalue weighted by Crippen LogP contribution is 2.25. The van der Waals surface area contributed by atoms with Crippen molar-refractivity contribution in [2.45, 2.75) is 39.0 Å². The molecule has 0 fully saturated rings. The monoisotopic (exact) mass is 443 g/mol. The van der Waals surface area contributed by atoms with Gasteiger partial charge in [0.2, 0.25) is 5.95 Å². The molecular weight excluding hydrogens is 418 g/mol. The molecule has 0 saturated carbocycles. The zero-order chi connectivity index (χ0) is 22.1. The van der Waals surface area contributed by atoms with Crippen LogP contribution in [0.4, 0.5) is 5.95 Å². The third-order valence-corrected chi connectivity index (χ3v) is 5.19. The van der Waals surface area contributed by atoms with E-state index in [1.54, 1.807) is 18.2 Å². The van der Waals surface area contributed by atoms with Crippen molar-refractivity contribution in [3.63, 3.8) is 0 Å². The Kier molecular flexibility index (Phi) is 9.15. The molecule has 0 atom stereocenters. The second kappa shape index (κ2) is 11.6. The number of hydrogen-bond donors (Lipinski definition) is 2. The van der Waals surface area contributed by atoms with Gasteiger partial charge in [-0.3, -0.25) is 4.72 Å². The lowest BCUT2D eigenvalue weighted by Gasteiger charge is -2.10. The fourth-order valence-electron chi connectivity index (χ4n) is 2.60. The van der Waals surface area contributed by atoms with Gasteiger partial charge >= 0.3 is 5.97 Å². The molecule has 5 nitrogen and oxygen atoms in total. The van der Waals surface area contributed by atoms with Crippen LogP contribution in [-0.2, 0) is 0 Å². The molecule has 2 aromatic rings. The molecule has 0 amide bonds. The van der Waals surface area contributed by atoms with Gasteiger partial charge in [-0.1, -0.05) is 55.8 Å². The summed E-state index contributed by atoms with van der Waals surface area (Å²) in [6.07, 6.45) is 11.0. The van der Waals surface area contributed by atoms with Gasteiger partial charge in [0.15, 0.2) is 0 Å². The second-order valence-corrected chi connectivity index (χ2v) is 8.33. The summed E-state index contributed by atoms with van der Waals surface area (Å²) in [5, 5.41) is 9.51. The Morgan fingerprint density at radius 2 is 2.07 bits per heavy atom. The van der Waals surface area contributed by atoms with Gasteiger partial charge < -0.3 is 5.11 Å². The molecule has 7 heteroatoms. The molecule has 0 aliphatic heterocycles. The number of allylic oxidation sites excluding steroid dienone is 5. The van der Waals surface area contributed by atoms with Crippen LogP contribution in [-0.4, -0.2) is 21.0 Å². The first-order chi connectivity index (χ1) is 14.3. The molecular formula is C23H26ClN3O2S. The average Bonchev–Trinajstić information content (AvgIpc) is 2.69. The van der Waals surface area contributed by atoms with Crippen LogP contribution in [0.25, 0.3) is 6.08 Å². The summed E-state index contributed by atoms with van der Waals surface area (Å²) in [5.41, 5.74) is 2.92. The Morgan fingerprint density at radius 1 is 1.30 bits per heavy atom. The fraction of sp³-hybridized carbons (Fsp3) is 0.261. The van der Waals surface area contributed by atoms with Gasteiger partial charge in [-0.2, -0.15) is 0 Å². The largest absolute Gasteiger partial charge is 0.478 e. The lowest BCUT2D eigenvalue weighted by atomic mass is 10.0. The number of carboxylic acid groups (broad SMARTS) is 1. The van der Waals surface area contributed by atoms with Crippen molar-refractivity contribution in [2.24, 2.45) is 5.92 Å². The maximum atomic E-state index is 11.1. The number of rotatable bonds is 9. The summed E-state index contributed by atoms with van der Waals surface area (Å²) < 4.78 is 3.06. The molecule has 158 valence electrons. The Morgan fingerprint density at radius 3 is 2.73 bits per heavy atom. The highest BCUT2D eigenvalue weighted by Gasteiger charge is 2.10. The molecule has 1 aromatic carbocycles. The Labute approximate surface area is 187 Å². The van der Waals surface area contributed by atoms with Crippen molar-refractivity contribution < 1.29 is 9.90 Å². The van der Waals surface area contributed by atoms with Crippen molar-refractivity contribution in [3.8, 4) is 0 Å². The van der Waals surface area contributed by atoms with Gasteiger partial charge in [-0.25, -0.2) is 14.8 Å². The van der Waals surface area contributed by atoms with E-state index in [1.807, 2.05) is 44.2 Å². The fourth-order valence-corrected chi connectivity index (χ4v) is 3.41. The van der Waals surface area contributed by atoms with Crippen LogP contribution < -0.4 is 4.72 Å². The molecule has 0 radical (unpaired) electrons. The summed E-state index contributed by atoms with van der Waals surface area (Å²) in [6.45, 7) is 8.22. The summed E-state index contributed by atoms with van der Waals surface area (Å²) in [5.74, 6) is -0.106. The lowest BCUT2D eigenvalue weighted by Crippen LogP contribution is -2.01. The first-order valence-corrected chi connectivity index (χ1v) is 10.8. The van der Waals surface area contributed by atoms with E-state index in [4.69, 9.17) is 16.7 Å². The first-order valence-electron chi connectivity index (χ1n) is 9.60. The Balaban J connectivity index is 2.29. The molecule has 0 aliphatic carbocycles. The van der Waals surface area contributed by atoms with Gasteiger partial charge in [0.1, 0.15) is 5.15 Å².